The first-order chi connectivity index (χ1) is 6.72. The third-order valence-electron chi connectivity index (χ3n) is 3.90. The zero-order chi connectivity index (χ0) is 10.1. The first-order valence-corrected chi connectivity index (χ1v) is 5.67. The highest BCUT2D eigenvalue weighted by atomic mass is 16.2. The predicted octanol–water partition coefficient (Wildman–Crippen LogP) is 0.840. The van der Waals surface area contributed by atoms with Gasteiger partial charge in [0, 0.05) is 26.1 Å². The van der Waals surface area contributed by atoms with Gasteiger partial charge in [0.15, 0.2) is 0 Å². The smallest absolute Gasteiger partial charge is 0.225 e. The van der Waals surface area contributed by atoms with E-state index in [1.807, 2.05) is 11.9 Å². The molecule has 0 aromatic heterocycles. The van der Waals surface area contributed by atoms with Crippen molar-refractivity contribution in [1.82, 2.24) is 4.90 Å². The summed E-state index contributed by atoms with van der Waals surface area (Å²) in [7, 11) is 1.88. The van der Waals surface area contributed by atoms with E-state index in [0.717, 1.165) is 12.3 Å². The summed E-state index contributed by atoms with van der Waals surface area (Å²) in [5.41, 5.74) is 5.45. The number of carbonyl (C=O) groups excluding carboxylic acids is 1. The summed E-state index contributed by atoms with van der Waals surface area (Å²) >= 11 is 0. The van der Waals surface area contributed by atoms with Gasteiger partial charge in [-0.1, -0.05) is 6.42 Å². The molecule has 2 aliphatic rings. The van der Waals surface area contributed by atoms with Crippen LogP contribution < -0.4 is 5.73 Å². The maximum Gasteiger partial charge on any atom is 0.225 e. The van der Waals surface area contributed by atoms with Gasteiger partial charge in [0.25, 0.3) is 0 Å². The molecule has 2 aliphatic carbocycles. The van der Waals surface area contributed by atoms with Crippen LogP contribution in [0.4, 0.5) is 0 Å². The highest BCUT2D eigenvalue weighted by molar-refractivity contribution is 5.79. The Hall–Kier alpha value is -0.570. The van der Waals surface area contributed by atoms with Crippen LogP contribution in [0, 0.1) is 17.8 Å². The van der Waals surface area contributed by atoms with Crippen LogP contribution in [-0.4, -0.2) is 30.9 Å². The minimum Gasteiger partial charge on any atom is -0.344 e. The van der Waals surface area contributed by atoms with Crippen LogP contribution in [0.1, 0.15) is 25.7 Å². The van der Waals surface area contributed by atoms with E-state index in [1.165, 1.54) is 19.3 Å². The lowest BCUT2D eigenvalue weighted by molar-refractivity contribution is -0.135. The minimum absolute atomic E-state index is 0.324. The van der Waals surface area contributed by atoms with Gasteiger partial charge in [0.1, 0.15) is 0 Å². The molecule has 14 heavy (non-hydrogen) atoms. The molecule has 80 valence electrons. The molecule has 3 heteroatoms. The standard InChI is InChI=1S/C11H20N2O/c1-13(5-4-12)11(14)10-7-8-2-3-9(10)6-8/h8-10H,2-7,12H2,1H3. The number of hydrogen-bond acceptors (Lipinski definition) is 2. The molecule has 2 bridgehead atoms. The molecule has 2 rings (SSSR count). The summed E-state index contributed by atoms with van der Waals surface area (Å²) < 4.78 is 0. The van der Waals surface area contributed by atoms with Gasteiger partial charge in [0.05, 0.1) is 0 Å². The molecule has 3 atom stereocenters. The van der Waals surface area contributed by atoms with Crippen molar-refractivity contribution in [2.75, 3.05) is 20.1 Å². The van der Waals surface area contributed by atoms with E-state index >= 15 is 0 Å². The first-order valence-electron chi connectivity index (χ1n) is 5.67. The number of likely N-dealkylation sites (N-methyl/N-ethyl adjacent to an activating group) is 1. The molecule has 0 saturated heterocycles. The van der Waals surface area contributed by atoms with E-state index in [2.05, 4.69) is 0 Å². The average molecular weight is 196 g/mol. The van der Waals surface area contributed by atoms with Gasteiger partial charge in [-0.25, -0.2) is 0 Å². The van der Waals surface area contributed by atoms with Crippen LogP contribution in [-0.2, 0) is 4.79 Å². The largest absolute Gasteiger partial charge is 0.344 e. The third kappa shape index (κ3) is 1.65. The van der Waals surface area contributed by atoms with Crippen molar-refractivity contribution in [2.24, 2.45) is 23.5 Å². The van der Waals surface area contributed by atoms with Crippen molar-refractivity contribution in [3.63, 3.8) is 0 Å². The van der Waals surface area contributed by atoms with Crippen molar-refractivity contribution in [3.8, 4) is 0 Å². The van der Waals surface area contributed by atoms with Crippen LogP contribution in [0.5, 0.6) is 0 Å². The Balaban J connectivity index is 1.92. The molecular formula is C11H20N2O. The highest BCUT2D eigenvalue weighted by Crippen LogP contribution is 2.48. The van der Waals surface area contributed by atoms with Crippen LogP contribution in [0.15, 0.2) is 0 Å². The Kier molecular flexibility index (Phi) is 2.77. The maximum atomic E-state index is 12.0. The van der Waals surface area contributed by atoms with Gasteiger partial charge < -0.3 is 10.6 Å². The zero-order valence-electron chi connectivity index (χ0n) is 8.91. The Labute approximate surface area is 85.6 Å². The molecule has 0 spiro atoms. The number of hydrogen-bond donors (Lipinski definition) is 1. The Morgan fingerprint density at radius 2 is 2.21 bits per heavy atom. The summed E-state index contributed by atoms with van der Waals surface area (Å²) in [6.45, 7) is 1.27. The molecule has 2 saturated carbocycles. The van der Waals surface area contributed by atoms with Crippen molar-refractivity contribution in [2.45, 2.75) is 25.7 Å². The molecule has 3 nitrogen and oxygen atoms in total. The van der Waals surface area contributed by atoms with Gasteiger partial charge >= 0.3 is 0 Å². The van der Waals surface area contributed by atoms with E-state index in [4.69, 9.17) is 5.73 Å². The summed E-state index contributed by atoms with van der Waals surface area (Å²) in [5.74, 6) is 2.20. The summed E-state index contributed by atoms with van der Waals surface area (Å²) in [6, 6.07) is 0. The van der Waals surface area contributed by atoms with E-state index < -0.39 is 0 Å². The monoisotopic (exact) mass is 196 g/mol. The van der Waals surface area contributed by atoms with Gasteiger partial charge in [-0.15, -0.1) is 0 Å². The van der Waals surface area contributed by atoms with E-state index in [9.17, 15) is 4.79 Å². The molecule has 0 heterocycles. The molecule has 1 amide bonds. The number of amides is 1. The third-order valence-corrected chi connectivity index (χ3v) is 3.90. The van der Waals surface area contributed by atoms with Crippen molar-refractivity contribution >= 4 is 5.91 Å². The molecule has 0 aromatic rings. The number of nitrogens with zero attached hydrogens (tertiary/aromatic N) is 1. The van der Waals surface area contributed by atoms with Crippen LogP contribution in [0.2, 0.25) is 0 Å². The average Bonchev–Trinajstić information content (AvgIpc) is 2.77. The summed E-state index contributed by atoms with van der Waals surface area (Å²) in [4.78, 5) is 13.8. The quantitative estimate of drug-likeness (QED) is 0.727. The second-order valence-corrected chi connectivity index (χ2v) is 4.83. The molecule has 2 fully saturated rings. The van der Waals surface area contributed by atoms with E-state index in [0.29, 0.717) is 30.8 Å². The van der Waals surface area contributed by atoms with Crippen LogP contribution in [0.3, 0.4) is 0 Å². The SMILES string of the molecule is CN(CCN)C(=O)C1CC2CCC1C2. The predicted molar refractivity (Wildman–Crippen MR) is 55.6 cm³/mol. The van der Waals surface area contributed by atoms with Crippen LogP contribution >= 0.6 is 0 Å². The van der Waals surface area contributed by atoms with Crippen LogP contribution in [0.25, 0.3) is 0 Å². The lowest BCUT2D eigenvalue weighted by Gasteiger charge is -2.26. The molecule has 0 aromatic carbocycles. The lowest BCUT2D eigenvalue weighted by atomic mass is 9.88. The van der Waals surface area contributed by atoms with E-state index in [-0.39, 0.29) is 0 Å². The number of nitrogens with two attached hydrogens (primary N) is 1. The highest BCUT2D eigenvalue weighted by Gasteiger charge is 2.43. The number of carbonyl (C=O) groups is 1. The second-order valence-electron chi connectivity index (χ2n) is 4.83. The first kappa shape index (κ1) is 9.97. The van der Waals surface area contributed by atoms with Gasteiger partial charge in [-0.05, 0) is 31.1 Å². The Bertz CT molecular complexity index is 229. The fraction of sp³-hybridized carbons (Fsp3) is 0.909. The summed E-state index contributed by atoms with van der Waals surface area (Å²) in [6.07, 6.45) is 5.07. The van der Waals surface area contributed by atoms with Crippen molar-refractivity contribution < 1.29 is 4.79 Å². The second kappa shape index (κ2) is 3.89. The Morgan fingerprint density at radius 3 is 2.71 bits per heavy atom. The molecule has 0 aliphatic heterocycles. The van der Waals surface area contributed by atoms with Crippen molar-refractivity contribution in [1.29, 1.82) is 0 Å². The zero-order valence-corrected chi connectivity index (χ0v) is 8.91. The molecule has 0 radical (unpaired) electrons. The normalized spacial score (nSPS) is 34.9. The van der Waals surface area contributed by atoms with Gasteiger partial charge in [-0.2, -0.15) is 0 Å². The van der Waals surface area contributed by atoms with Crippen molar-refractivity contribution in [3.05, 3.63) is 0 Å². The fourth-order valence-corrected chi connectivity index (χ4v) is 3.13. The van der Waals surface area contributed by atoms with E-state index in [1.54, 1.807) is 0 Å². The molecule has 2 N–H and O–H groups in total. The number of fused-ring (bicyclic) bond motifs is 2. The number of rotatable bonds is 3. The lowest BCUT2D eigenvalue weighted by Crippen LogP contribution is -2.38. The topological polar surface area (TPSA) is 46.3 Å². The molecular weight excluding hydrogens is 176 g/mol. The van der Waals surface area contributed by atoms with Gasteiger partial charge in [0.2, 0.25) is 5.91 Å². The Morgan fingerprint density at radius 1 is 1.43 bits per heavy atom. The molecule has 3 unspecified atom stereocenters. The summed E-state index contributed by atoms with van der Waals surface area (Å²) in [5, 5.41) is 0. The van der Waals surface area contributed by atoms with Gasteiger partial charge in [-0.3, -0.25) is 4.79 Å². The minimum atomic E-state index is 0.324. The fourth-order valence-electron chi connectivity index (χ4n) is 3.13. The maximum absolute atomic E-state index is 12.0.